The zero-order chi connectivity index (χ0) is 18.2. The highest BCUT2D eigenvalue weighted by molar-refractivity contribution is 8.00. The third-order valence-electron chi connectivity index (χ3n) is 4.53. The van der Waals surface area contributed by atoms with Crippen molar-refractivity contribution in [1.82, 2.24) is 9.88 Å². The summed E-state index contributed by atoms with van der Waals surface area (Å²) in [7, 11) is 0. The Kier molecular flexibility index (Phi) is 7.75. The van der Waals surface area contributed by atoms with Crippen molar-refractivity contribution in [3.8, 4) is 0 Å². The molecule has 1 N–H and O–H groups in total. The molecule has 1 aliphatic heterocycles. The molecule has 0 unspecified atom stereocenters. The number of carbonyl (C=O) groups is 2. The Balaban J connectivity index is 1.78. The second kappa shape index (κ2) is 9.80. The summed E-state index contributed by atoms with van der Waals surface area (Å²) < 4.78 is 0. The molecular weight excluding hydrogens is 334 g/mol. The minimum Gasteiger partial charge on any atom is -0.342 e. The fourth-order valence-corrected chi connectivity index (χ4v) is 4.04. The maximum absolute atomic E-state index is 12.5. The van der Waals surface area contributed by atoms with Crippen LogP contribution in [0.15, 0.2) is 18.2 Å². The van der Waals surface area contributed by atoms with Gasteiger partial charge in [0.05, 0.1) is 5.25 Å². The van der Waals surface area contributed by atoms with Crippen LogP contribution in [0.2, 0.25) is 0 Å². The number of aryl methyl sites for hydroxylation is 1. The van der Waals surface area contributed by atoms with Crippen molar-refractivity contribution < 1.29 is 9.59 Å². The van der Waals surface area contributed by atoms with Crippen LogP contribution in [0.5, 0.6) is 0 Å². The van der Waals surface area contributed by atoms with E-state index in [9.17, 15) is 9.59 Å². The number of aromatic nitrogens is 1. The lowest BCUT2D eigenvalue weighted by Crippen LogP contribution is -2.44. The van der Waals surface area contributed by atoms with Crippen LogP contribution in [0.25, 0.3) is 0 Å². The topological polar surface area (TPSA) is 62.3 Å². The molecule has 0 radical (unpaired) electrons. The summed E-state index contributed by atoms with van der Waals surface area (Å²) in [5, 5.41) is 2.90. The molecule has 5 nitrogen and oxygen atoms in total. The van der Waals surface area contributed by atoms with Gasteiger partial charge in [0.1, 0.15) is 5.82 Å². The zero-order valence-corrected chi connectivity index (χ0v) is 16.3. The van der Waals surface area contributed by atoms with E-state index in [1.807, 2.05) is 30.9 Å². The predicted octanol–water partition coefficient (Wildman–Crippen LogP) is 3.49. The number of pyridine rings is 1. The maximum Gasteiger partial charge on any atom is 0.235 e. The van der Waals surface area contributed by atoms with Crippen LogP contribution in [-0.4, -0.2) is 45.8 Å². The first-order chi connectivity index (χ1) is 12.0. The van der Waals surface area contributed by atoms with E-state index in [0.717, 1.165) is 37.1 Å². The van der Waals surface area contributed by atoms with E-state index < -0.39 is 0 Å². The quantitative estimate of drug-likeness (QED) is 0.753. The minimum atomic E-state index is -0.0468. The van der Waals surface area contributed by atoms with Crippen LogP contribution in [-0.2, 0) is 9.59 Å². The molecule has 1 aromatic rings. The lowest BCUT2D eigenvalue weighted by molar-refractivity contribution is -0.133. The van der Waals surface area contributed by atoms with Gasteiger partial charge in [-0.1, -0.05) is 19.4 Å². The second-order valence-electron chi connectivity index (χ2n) is 6.62. The van der Waals surface area contributed by atoms with Crippen LogP contribution in [0.4, 0.5) is 5.82 Å². The lowest BCUT2D eigenvalue weighted by Gasteiger charge is -2.32. The largest absolute Gasteiger partial charge is 0.342 e. The number of thioether (sulfide) groups is 1. The standard InChI is InChI=1S/C19H29N3O2S/c1-4-5-13-25-15(3)19(24)22-11-9-16(10-12-22)18(23)21-17-8-6-7-14(2)20-17/h6-8,15-16H,4-5,9-13H2,1-3H3,(H,20,21,23)/t15-/m1/s1. The number of nitrogens with zero attached hydrogens (tertiary/aromatic N) is 2. The number of hydrogen-bond acceptors (Lipinski definition) is 4. The third kappa shape index (κ3) is 6.03. The fraction of sp³-hybridized carbons (Fsp3) is 0.632. The van der Waals surface area contributed by atoms with Gasteiger partial charge < -0.3 is 10.2 Å². The molecular formula is C19H29N3O2S. The van der Waals surface area contributed by atoms with Crippen LogP contribution >= 0.6 is 11.8 Å². The van der Waals surface area contributed by atoms with E-state index >= 15 is 0 Å². The minimum absolute atomic E-state index is 0.00780. The highest BCUT2D eigenvalue weighted by Crippen LogP contribution is 2.22. The Morgan fingerprint density at radius 2 is 2.08 bits per heavy atom. The van der Waals surface area contributed by atoms with Crippen LogP contribution < -0.4 is 5.32 Å². The molecule has 0 aromatic carbocycles. The van der Waals surface area contributed by atoms with E-state index in [1.165, 1.54) is 0 Å². The number of likely N-dealkylation sites (tertiary alicyclic amines) is 1. The number of anilines is 1. The Labute approximate surface area is 155 Å². The summed E-state index contributed by atoms with van der Waals surface area (Å²) in [6.07, 6.45) is 3.74. The average molecular weight is 364 g/mol. The van der Waals surface area contributed by atoms with Gasteiger partial charge in [-0.15, -0.1) is 11.8 Å². The Morgan fingerprint density at radius 3 is 2.72 bits per heavy atom. The van der Waals surface area contributed by atoms with E-state index in [4.69, 9.17) is 0 Å². The number of nitrogens with one attached hydrogen (secondary N) is 1. The van der Waals surface area contributed by atoms with Crippen LogP contribution in [0, 0.1) is 12.8 Å². The van der Waals surface area contributed by atoms with Gasteiger partial charge >= 0.3 is 0 Å². The smallest absolute Gasteiger partial charge is 0.235 e. The first-order valence-corrected chi connectivity index (χ1v) is 10.2. The van der Waals surface area contributed by atoms with Gasteiger partial charge in [-0.2, -0.15) is 0 Å². The summed E-state index contributed by atoms with van der Waals surface area (Å²) >= 11 is 1.73. The predicted molar refractivity (Wildman–Crippen MR) is 104 cm³/mol. The lowest BCUT2D eigenvalue weighted by atomic mass is 9.95. The Hall–Kier alpha value is -1.56. The fourth-order valence-electron chi connectivity index (χ4n) is 2.94. The highest BCUT2D eigenvalue weighted by atomic mass is 32.2. The molecule has 25 heavy (non-hydrogen) atoms. The summed E-state index contributed by atoms with van der Waals surface area (Å²) in [6, 6.07) is 5.59. The maximum atomic E-state index is 12.5. The molecule has 138 valence electrons. The summed E-state index contributed by atoms with van der Waals surface area (Å²) in [5.74, 6) is 1.81. The van der Waals surface area contributed by atoms with Gasteiger partial charge in [-0.25, -0.2) is 4.98 Å². The molecule has 2 rings (SSSR count). The summed E-state index contributed by atoms with van der Waals surface area (Å²) in [4.78, 5) is 31.1. The molecule has 1 atom stereocenters. The molecule has 2 heterocycles. The van der Waals surface area contributed by atoms with Crippen molar-refractivity contribution >= 4 is 29.4 Å². The molecule has 1 aliphatic rings. The molecule has 0 saturated carbocycles. The SMILES string of the molecule is CCCCS[C@H](C)C(=O)N1CCC(C(=O)Nc2cccc(C)n2)CC1. The number of carbonyl (C=O) groups excluding carboxylic acids is 2. The molecule has 1 aromatic heterocycles. The van der Waals surface area contributed by atoms with Crippen molar-refractivity contribution in [2.24, 2.45) is 5.92 Å². The highest BCUT2D eigenvalue weighted by Gasteiger charge is 2.29. The average Bonchev–Trinajstić information content (AvgIpc) is 2.61. The van der Waals surface area contributed by atoms with Crippen LogP contribution in [0.3, 0.4) is 0 Å². The number of unbranched alkanes of at least 4 members (excludes halogenated alkanes) is 1. The monoisotopic (exact) mass is 363 g/mol. The molecule has 2 amide bonds. The Morgan fingerprint density at radius 1 is 1.36 bits per heavy atom. The molecule has 0 bridgehead atoms. The van der Waals surface area contributed by atoms with Crippen LogP contribution in [0.1, 0.15) is 45.2 Å². The van der Waals surface area contributed by atoms with Crippen molar-refractivity contribution in [3.05, 3.63) is 23.9 Å². The normalized spacial score (nSPS) is 16.5. The van der Waals surface area contributed by atoms with E-state index in [2.05, 4.69) is 17.2 Å². The summed E-state index contributed by atoms with van der Waals surface area (Å²) in [6.45, 7) is 7.38. The van der Waals surface area contributed by atoms with Crippen molar-refractivity contribution in [2.75, 3.05) is 24.2 Å². The number of rotatable bonds is 7. The molecule has 1 saturated heterocycles. The molecule has 6 heteroatoms. The Bertz CT molecular complexity index is 586. The van der Waals surface area contributed by atoms with E-state index in [1.54, 1.807) is 17.8 Å². The van der Waals surface area contributed by atoms with Gasteiger partial charge in [0.25, 0.3) is 0 Å². The third-order valence-corrected chi connectivity index (χ3v) is 5.76. The molecule has 0 aliphatic carbocycles. The van der Waals surface area contributed by atoms with Crippen molar-refractivity contribution in [3.63, 3.8) is 0 Å². The number of amides is 2. The second-order valence-corrected chi connectivity index (χ2v) is 8.07. The van der Waals surface area contributed by atoms with Gasteiger partial charge in [0, 0.05) is 24.7 Å². The molecule has 0 spiro atoms. The zero-order valence-electron chi connectivity index (χ0n) is 15.5. The summed E-state index contributed by atoms with van der Waals surface area (Å²) in [5.41, 5.74) is 0.882. The van der Waals surface area contributed by atoms with Gasteiger partial charge in [-0.05, 0) is 51.0 Å². The van der Waals surface area contributed by atoms with Gasteiger partial charge in [0.2, 0.25) is 11.8 Å². The first kappa shape index (κ1) is 19.8. The van der Waals surface area contributed by atoms with Crippen molar-refractivity contribution in [1.29, 1.82) is 0 Å². The van der Waals surface area contributed by atoms with Crippen molar-refractivity contribution in [2.45, 2.75) is 51.7 Å². The van der Waals surface area contributed by atoms with Gasteiger partial charge in [0.15, 0.2) is 0 Å². The van der Waals surface area contributed by atoms with E-state index in [0.29, 0.717) is 18.9 Å². The molecule has 1 fully saturated rings. The number of hydrogen-bond donors (Lipinski definition) is 1. The number of piperidine rings is 1. The first-order valence-electron chi connectivity index (χ1n) is 9.16. The van der Waals surface area contributed by atoms with Gasteiger partial charge in [-0.3, -0.25) is 9.59 Å². The van der Waals surface area contributed by atoms with E-state index in [-0.39, 0.29) is 23.0 Å².